The van der Waals surface area contributed by atoms with Crippen LogP contribution in [0, 0.1) is 11.8 Å². The van der Waals surface area contributed by atoms with Gasteiger partial charge in [0, 0.05) is 17.6 Å². The second-order valence-corrected chi connectivity index (χ2v) is 6.31. The molecule has 0 aliphatic rings. The van der Waals surface area contributed by atoms with Crippen molar-refractivity contribution in [3.8, 4) is 0 Å². The number of hydrogen-bond donors (Lipinski definition) is 1. The van der Waals surface area contributed by atoms with E-state index in [-0.39, 0.29) is 0 Å². The molecule has 1 N–H and O–H groups in total. The molecule has 16 heavy (non-hydrogen) atoms. The Labute approximate surface area is 103 Å². The van der Waals surface area contributed by atoms with E-state index in [0.717, 1.165) is 24.9 Å². The molecule has 0 aromatic carbocycles. The number of rotatable bonds is 6. The average Bonchev–Trinajstić information content (AvgIpc) is 2.66. The fourth-order valence-corrected chi connectivity index (χ4v) is 2.21. The van der Waals surface area contributed by atoms with Crippen molar-refractivity contribution in [3.05, 3.63) is 16.1 Å². The summed E-state index contributed by atoms with van der Waals surface area (Å²) in [5, 5.41) is 4.69. The summed E-state index contributed by atoms with van der Waals surface area (Å²) in [6, 6.07) is 0. The molecular formula is C13H24N2S. The lowest BCUT2D eigenvalue weighted by Gasteiger charge is -2.15. The number of nitrogens with zero attached hydrogens (tertiary/aromatic N) is 1. The third-order valence-electron chi connectivity index (χ3n) is 3.02. The molecule has 1 rings (SSSR count). The van der Waals surface area contributed by atoms with Crippen LogP contribution in [0.3, 0.4) is 0 Å². The molecule has 1 unspecified atom stereocenters. The van der Waals surface area contributed by atoms with E-state index in [1.807, 2.05) is 17.5 Å². The minimum Gasteiger partial charge on any atom is -0.310 e. The summed E-state index contributed by atoms with van der Waals surface area (Å²) in [6.07, 6.45) is 2.01. The van der Waals surface area contributed by atoms with E-state index in [1.165, 1.54) is 9.88 Å². The van der Waals surface area contributed by atoms with Gasteiger partial charge >= 0.3 is 0 Å². The Balaban J connectivity index is 2.32. The average molecular weight is 240 g/mol. The van der Waals surface area contributed by atoms with E-state index in [2.05, 4.69) is 44.9 Å². The summed E-state index contributed by atoms with van der Waals surface area (Å²) < 4.78 is 0. The van der Waals surface area contributed by atoms with Crippen molar-refractivity contribution in [1.82, 2.24) is 10.3 Å². The molecule has 2 nitrogen and oxygen atoms in total. The van der Waals surface area contributed by atoms with Crippen LogP contribution in [-0.2, 0) is 6.54 Å². The first-order valence-electron chi connectivity index (χ1n) is 6.16. The molecule has 0 spiro atoms. The van der Waals surface area contributed by atoms with Gasteiger partial charge in [-0.25, -0.2) is 4.98 Å². The van der Waals surface area contributed by atoms with E-state index < -0.39 is 0 Å². The van der Waals surface area contributed by atoms with E-state index in [1.54, 1.807) is 0 Å². The van der Waals surface area contributed by atoms with Crippen molar-refractivity contribution in [2.75, 3.05) is 6.54 Å². The molecule has 0 saturated heterocycles. The zero-order valence-corrected chi connectivity index (χ0v) is 11.9. The van der Waals surface area contributed by atoms with Crippen molar-refractivity contribution in [2.24, 2.45) is 11.8 Å². The maximum Gasteiger partial charge on any atom is 0.107 e. The fourth-order valence-electron chi connectivity index (χ4n) is 1.32. The maximum atomic E-state index is 4.44. The third kappa shape index (κ3) is 4.22. The maximum absolute atomic E-state index is 4.44. The van der Waals surface area contributed by atoms with Crippen molar-refractivity contribution < 1.29 is 0 Å². The van der Waals surface area contributed by atoms with Gasteiger partial charge in [-0.2, -0.15) is 0 Å². The largest absolute Gasteiger partial charge is 0.310 e. The lowest BCUT2D eigenvalue weighted by molar-refractivity contribution is 0.392. The molecule has 0 amide bonds. The SMILES string of the molecule is CC(C)c1cnc(CNCC(C)C(C)C)s1. The van der Waals surface area contributed by atoms with Crippen LogP contribution in [0.5, 0.6) is 0 Å². The first-order valence-corrected chi connectivity index (χ1v) is 6.97. The van der Waals surface area contributed by atoms with E-state index in [0.29, 0.717) is 5.92 Å². The summed E-state index contributed by atoms with van der Waals surface area (Å²) in [7, 11) is 0. The Morgan fingerprint density at radius 2 is 1.94 bits per heavy atom. The third-order valence-corrected chi connectivity index (χ3v) is 4.32. The van der Waals surface area contributed by atoms with Gasteiger partial charge in [0.25, 0.3) is 0 Å². The van der Waals surface area contributed by atoms with Gasteiger partial charge in [-0.3, -0.25) is 0 Å². The van der Waals surface area contributed by atoms with Crippen LogP contribution in [0.4, 0.5) is 0 Å². The number of aromatic nitrogens is 1. The highest BCUT2D eigenvalue weighted by atomic mass is 32.1. The van der Waals surface area contributed by atoms with Gasteiger partial charge in [-0.15, -0.1) is 11.3 Å². The molecule has 0 aliphatic carbocycles. The molecule has 1 aromatic rings. The minimum atomic E-state index is 0.598. The van der Waals surface area contributed by atoms with Crippen LogP contribution in [-0.4, -0.2) is 11.5 Å². The monoisotopic (exact) mass is 240 g/mol. The summed E-state index contributed by atoms with van der Waals surface area (Å²) in [5.74, 6) is 2.07. The Morgan fingerprint density at radius 1 is 1.25 bits per heavy atom. The molecule has 0 aliphatic heterocycles. The van der Waals surface area contributed by atoms with Crippen molar-refractivity contribution >= 4 is 11.3 Å². The van der Waals surface area contributed by atoms with Gasteiger partial charge in [0.15, 0.2) is 0 Å². The van der Waals surface area contributed by atoms with Gasteiger partial charge in [0.2, 0.25) is 0 Å². The van der Waals surface area contributed by atoms with Gasteiger partial charge in [-0.05, 0) is 24.3 Å². The van der Waals surface area contributed by atoms with Gasteiger partial charge in [0.1, 0.15) is 5.01 Å². The Morgan fingerprint density at radius 3 is 2.44 bits per heavy atom. The van der Waals surface area contributed by atoms with Crippen LogP contribution in [0.2, 0.25) is 0 Å². The Hall–Kier alpha value is -0.410. The number of hydrogen-bond acceptors (Lipinski definition) is 3. The van der Waals surface area contributed by atoms with Crippen LogP contribution in [0.25, 0.3) is 0 Å². The van der Waals surface area contributed by atoms with Crippen molar-refractivity contribution in [3.63, 3.8) is 0 Å². The van der Waals surface area contributed by atoms with E-state index in [4.69, 9.17) is 0 Å². The lowest BCUT2D eigenvalue weighted by atomic mass is 9.98. The summed E-state index contributed by atoms with van der Waals surface area (Å²) in [6.45, 7) is 13.2. The first-order chi connectivity index (χ1) is 7.50. The van der Waals surface area contributed by atoms with Gasteiger partial charge < -0.3 is 5.32 Å². The normalized spacial score (nSPS) is 13.7. The fraction of sp³-hybridized carbons (Fsp3) is 0.769. The van der Waals surface area contributed by atoms with E-state index in [9.17, 15) is 0 Å². The molecule has 1 heterocycles. The molecule has 3 heteroatoms. The topological polar surface area (TPSA) is 24.9 Å². The summed E-state index contributed by atoms with van der Waals surface area (Å²) in [4.78, 5) is 5.82. The van der Waals surface area contributed by atoms with Crippen LogP contribution < -0.4 is 5.32 Å². The highest BCUT2D eigenvalue weighted by molar-refractivity contribution is 7.11. The van der Waals surface area contributed by atoms with Gasteiger partial charge in [-0.1, -0.05) is 34.6 Å². The molecule has 0 radical (unpaired) electrons. The second-order valence-electron chi connectivity index (χ2n) is 5.16. The number of nitrogens with one attached hydrogen (secondary N) is 1. The van der Waals surface area contributed by atoms with Crippen molar-refractivity contribution in [1.29, 1.82) is 0 Å². The molecule has 0 saturated carbocycles. The minimum absolute atomic E-state index is 0.598. The standard InChI is InChI=1S/C13H24N2S/c1-9(2)11(5)6-14-8-13-15-7-12(16-13)10(3)4/h7,9-11,14H,6,8H2,1-5H3. The lowest BCUT2D eigenvalue weighted by Crippen LogP contribution is -2.23. The van der Waals surface area contributed by atoms with Crippen molar-refractivity contribution in [2.45, 2.75) is 47.1 Å². The molecular weight excluding hydrogens is 216 g/mol. The van der Waals surface area contributed by atoms with Crippen LogP contribution in [0.1, 0.15) is 50.4 Å². The molecule has 92 valence electrons. The molecule has 0 fully saturated rings. The zero-order chi connectivity index (χ0) is 12.1. The van der Waals surface area contributed by atoms with E-state index >= 15 is 0 Å². The molecule has 1 atom stereocenters. The predicted octanol–water partition coefficient (Wildman–Crippen LogP) is 3.65. The van der Waals surface area contributed by atoms with Crippen LogP contribution in [0.15, 0.2) is 6.20 Å². The summed E-state index contributed by atoms with van der Waals surface area (Å²) >= 11 is 1.83. The highest BCUT2D eigenvalue weighted by Gasteiger charge is 2.08. The number of thiazole rings is 1. The smallest absolute Gasteiger partial charge is 0.107 e. The second kappa shape index (κ2) is 6.36. The highest BCUT2D eigenvalue weighted by Crippen LogP contribution is 2.21. The molecule has 1 aromatic heterocycles. The molecule has 0 bridgehead atoms. The quantitative estimate of drug-likeness (QED) is 0.821. The van der Waals surface area contributed by atoms with Crippen LogP contribution >= 0.6 is 11.3 Å². The zero-order valence-electron chi connectivity index (χ0n) is 11.1. The predicted molar refractivity (Wildman–Crippen MR) is 71.9 cm³/mol. The summed E-state index contributed by atoms with van der Waals surface area (Å²) in [5.41, 5.74) is 0. The van der Waals surface area contributed by atoms with Gasteiger partial charge in [0.05, 0.1) is 0 Å². The first kappa shape index (κ1) is 13.7. The Kier molecular flexibility index (Phi) is 5.42. The Bertz CT molecular complexity index is 305.